The number of nitrogens with zero attached hydrogens (tertiary/aromatic N) is 1. The third-order valence-electron chi connectivity index (χ3n) is 4.30. The molecule has 3 heteroatoms. The number of phenols is 1. The Balaban J connectivity index is 2.18. The molecule has 3 nitrogen and oxygen atoms in total. The highest BCUT2D eigenvalue weighted by molar-refractivity contribution is 5.94. The van der Waals surface area contributed by atoms with Crippen LogP contribution in [0.25, 0.3) is 0 Å². The minimum Gasteiger partial charge on any atom is -0.508 e. The molecule has 0 saturated heterocycles. The molecular formula is C18H27NO2. The van der Waals surface area contributed by atoms with Crippen molar-refractivity contribution in [2.24, 2.45) is 5.92 Å². The summed E-state index contributed by atoms with van der Waals surface area (Å²) in [4.78, 5) is 14.0. The maximum absolute atomic E-state index is 11.5. The summed E-state index contributed by atoms with van der Waals surface area (Å²) in [5, 5.41) is 10.1. The van der Waals surface area contributed by atoms with E-state index in [1.165, 1.54) is 25.7 Å². The van der Waals surface area contributed by atoms with E-state index in [0.29, 0.717) is 23.3 Å². The molecule has 1 fully saturated rings. The van der Waals surface area contributed by atoms with E-state index in [-0.39, 0.29) is 5.78 Å². The van der Waals surface area contributed by atoms with Gasteiger partial charge in [-0.1, -0.05) is 26.7 Å². The highest BCUT2D eigenvalue weighted by Gasteiger charge is 2.24. The molecule has 116 valence electrons. The second kappa shape index (κ2) is 7.08. The summed E-state index contributed by atoms with van der Waals surface area (Å²) in [7, 11) is 0. The van der Waals surface area contributed by atoms with Gasteiger partial charge >= 0.3 is 0 Å². The predicted molar refractivity (Wildman–Crippen MR) is 85.6 cm³/mol. The molecule has 0 heterocycles. The molecule has 1 saturated carbocycles. The molecule has 0 radical (unpaired) electrons. The third kappa shape index (κ3) is 4.31. The molecule has 0 unspecified atom stereocenters. The van der Waals surface area contributed by atoms with Crippen molar-refractivity contribution in [2.45, 2.75) is 59.0 Å². The number of carbonyl (C=O) groups excluding carboxylic acids is 1. The molecule has 21 heavy (non-hydrogen) atoms. The summed E-state index contributed by atoms with van der Waals surface area (Å²) in [5.74, 6) is 0.947. The largest absolute Gasteiger partial charge is 0.508 e. The first kappa shape index (κ1) is 16.0. The molecule has 0 aromatic heterocycles. The smallest absolute Gasteiger partial charge is 0.159 e. The van der Waals surface area contributed by atoms with Gasteiger partial charge in [0.05, 0.1) is 0 Å². The van der Waals surface area contributed by atoms with Crippen molar-refractivity contribution in [1.29, 1.82) is 0 Å². The van der Waals surface area contributed by atoms with Crippen molar-refractivity contribution in [2.75, 3.05) is 6.54 Å². The van der Waals surface area contributed by atoms with E-state index in [2.05, 4.69) is 18.7 Å². The molecule has 2 rings (SSSR count). The van der Waals surface area contributed by atoms with Crippen LogP contribution in [0.5, 0.6) is 5.75 Å². The average molecular weight is 289 g/mol. The lowest BCUT2D eigenvalue weighted by Crippen LogP contribution is -2.35. The average Bonchev–Trinajstić information content (AvgIpc) is 2.93. The van der Waals surface area contributed by atoms with Gasteiger partial charge in [0.1, 0.15) is 5.75 Å². The van der Waals surface area contributed by atoms with Crippen molar-refractivity contribution in [3.05, 3.63) is 29.3 Å². The highest BCUT2D eigenvalue weighted by atomic mass is 16.3. The van der Waals surface area contributed by atoms with E-state index >= 15 is 0 Å². The van der Waals surface area contributed by atoms with Gasteiger partial charge in [0.25, 0.3) is 0 Å². The highest BCUT2D eigenvalue weighted by Crippen LogP contribution is 2.28. The van der Waals surface area contributed by atoms with Crippen molar-refractivity contribution in [1.82, 2.24) is 4.90 Å². The summed E-state index contributed by atoms with van der Waals surface area (Å²) in [5.41, 5.74) is 1.55. The lowest BCUT2D eigenvalue weighted by Gasteiger charge is -2.30. The molecule has 1 aromatic carbocycles. The normalized spacial score (nSPS) is 16.0. The first-order chi connectivity index (χ1) is 9.97. The number of ketones is 1. The van der Waals surface area contributed by atoms with Gasteiger partial charge in [0.15, 0.2) is 5.78 Å². The Kier molecular flexibility index (Phi) is 5.40. The van der Waals surface area contributed by atoms with Crippen LogP contribution in [0.1, 0.15) is 62.4 Å². The molecule has 1 aliphatic carbocycles. The molecular weight excluding hydrogens is 262 g/mol. The summed E-state index contributed by atoms with van der Waals surface area (Å²) in [6.07, 6.45) is 5.11. The number of Topliss-reactive ketones (excluding diaryl/α,β-unsaturated/α-hetero) is 1. The Morgan fingerprint density at radius 3 is 2.57 bits per heavy atom. The Hall–Kier alpha value is -1.35. The fraction of sp³-hybridized carbons (Fsp3) is 0.611. The summed E-state index contributed by atoms with van der Waals surface area (Å²) >= 11 is 0. The lowest BCUT2D eigenvalue weighted by atomic mass is 10.0. The predicted octanol–water partition coefficient (Wildman–Crippen LogP) is 4.00. The Morgan fingerprint density at radius 2 is 2.00 bits per heavy atom. The fourth-order valence-electron chi connectivity index (χ4n) is 3.23. The quantitative estimate of drug-likeness (QED) is 0.805. The van der Waals surface area contributed by atoms with Gasteiger partial charge in [-0.2, -0.15) is 0 Å². The van der Waals surface area contributed by atoms with Crippen LogP contribution in [-0.4, -0.2) is 28.4 Å². The van der Waals surface area contributed by atoms with E-state index in [9.17, 15) is 9.90 Å². The summed E-state index contributed by atoms with van der Waals surface area (Å²) in [6, 6.07) is 5.81. The van der Waals surface area contributed by atoms with E-state index in [4.69, 9.17) is 0 Å². The Labute approximate surface area is 128 Å². The van der Waals surface area contributed by atoms with Gasteiger partial charge in [0.2, 0.25) is 0 Å². The van der Waals surface area contributed by atoms with Gasteiger partial charge in [0, 0.05) is 30.3 Å². The topological polar surface area (TPSA) is 40.5 Å². The second-order valence-electron chi connectivity index (χ2n) is 6.66. The monoisotopic (exact) mass is 289 g/mol. The Morgan fingerprint density at radius 1 is 1.33 bits per heavy atom. The number of phenolic OH excluding ortho intramolecular Hbond substituents is 1. The molecule has 0 atom stereocenters. The van der Waals surface area contributed by atoms with Gasteiger partial charge in [-0.05, 0) is 43.9 Å². The van der Waals surface area contributed by atoms with Crippen molar-refractivity contribution in [3.63, 3.8) is 0 Å². The molecule has 1 N–H and O–H groups in total. The maximum atomic E-state index is 11.5. The van der Waals surface area contributed by atoms with E-state index in [1.807, 2.05) is 6.07 Å². The van der Waals surface area contributed by atoms with E-state index in [0.717, 1.165) is 18.7 Å². The number of benzene rings is 1. The summed E-state index contributed by atoms with van der Waals surface area (Å²) < 4.78 is 0. The molecule has 0 spiro atoms. The Bertz CT molecular complexity index is 490. The molecule has 0 aliphatic heterocycles. The number of rotatable bonds is 6. The van der Waals surface area contributed by atoms with Crippen LogP contribution in [0.3, 0.4) is 0 Å². The van der Waals surface area contributed by atoms with Gasteiger partial charge in [-0.3, -0.25) is 9.69 Å². The lowest BCUT2D eigenvalue weighted by molar-refractivity contribution is 0.101. The van der Waals surface area contributed by atoms with E-state index < -0.39 is 0 Å². The number of hydrogen-bond donors (Lipinski definition) is 1. The zero-order chi connectivity index (χ0) is 15.4. The van der Waals surface area contributed by atoms with Crippen LogP contribution in [0.15, 0.2) is 18.2 Å². The van der Waals surface area contributed by atoms with Gasteiger partial charge in [-0.15, -0.1) is 0 Å². The van der Waals surface area contributed by atoms with Crippen molar-refractivity contribution in [3.8, 4) is 5.75 Å². The molecule has 0 amide bonds. The molecule has 1 aliphatic rings. The molecule has 0 bridgehead atoms. The maximum Gasteiger partial charge on any atom is 0.159 e. The van der Waals surface area contributed by atoms with Crippen LogP contribution in [0.2, 0.25) is 0 Å². The SMILES string of the molecule is CC(=O)c1ccc(O)c(CN(CC(C)C)C2CCCC2)c1. The van der Waals surface area contributed by atoms with Gasteiger partial charge in [-0.25, -0.2) is 0 Å². The van der Waals surface area contributed by atoms with Crippen LogP contribution in [0, 0.1) is 5.92 Å². The van der Waals surface area contributed by atoms with Crippen LogP contribution < -0.4 is 0 Å². The van der Waals surface area contributed by atoms with Crippen LogP contribution >= 0.6 is 0 Å². The van der Waals surface area contributed by atoms with Crippen LogP contribution in [0.4, 0.5) is 0 Å². The number of aromatic hydroxyl groups is 1. The minimum atomic E-state index is 0.0486. The van der Waals surface area contributed by atoms with Crippen LogP contribution in [-0.2, 0) is 6.54 Å². The minimum absolute atomic E-state index is 0.0486. The second-order valence-corrected chi connectivity index (χ2v) is 6.66. The number of hydrogen-bond acceptors (Lipinski definition) is 3. The first-order valence-corrected chi connectivity index (χ1v) is 8.04. The van der Waals surface area contributed by atoms with Crippen molar-refractivity contribution < 1.29 is 9.90 Å². The van der Waals surface area contributed by atoms with E-state index in [1.54, 1.807) is 19.1 Å². The summed E-state index contributed by atoms with van der Waals surface area (Å²) in [6.45, 7) is 7.80. The first-order valence-electron chi connectivity index (χ1n) is 8.04. The molecule has 1 aromatic rings. The van der Waals surface area contributed by atoms with Crippen molar-refractivity contribution >= 4 is 5.78 Å². The standard InChI is InChI=1S/C18H27NO2/c1-13(2)11-19(17-6-4-5-7-17)12-16-10-15(14(3)20)8-9-18(16)21/h8-10,13,17,21H,4-7,11-12H2,1-3H3. The zero-order valence-electron chi connectivity index (χ0n) is 13.4. The fourth-order valence-corrected chi connectivity index (χ4v) is 3.23. The number of carbonyl (C=O) groups is 1. The zero-order valence-corrected chi connectivity index (χ0v) is 13.4. The third-order valence-corrected chi connectivity index (χ3v) is 4.30. The van der Waals surface area contributed by atoms with Gasteiger partial charge < -0.3 is 5.11 Å².